The Hall–Kier alpha value is -1.86. The van der Waals surface area contributed by atoms with Gasteiger partial charge in [0.15, 0.2) is 0 Å². The van der Waals surface area contributed by atoms with Gasteiger partial charge in [-0.15, -0.1) is 0 Å². The molecular weight excluding hydrogens is 255 g/mol. The van der Waals surface area contributed by atoms with E-state index >= 15 is 0 Å². The van der Waals surface area contributed by atoms with Gasteiger partial charge in [0.25, 0.3) is 5.91 Å². The van der Waals surface area contributed by atoms with Crippen molar-refractivity contribution in [2.75, 3.05) is 19.6 Å². The number of carbonyl (C=O) groups is 1. The number of halogens is 1. The molecule has 1 aromatic rings. The summed E-state index contributed by atoms with van der Waals surface area (Å²) in [4.78, 5) is 14.2. The van der Waals surface area contributed by atoms with Crippen molar-refractivity contribution in [3.63, 3.8) is 0 Å². The summed E-state index contributed by atoms with van der Waals surface area (Å²) < 4.78 is 13.4. The molecule has 0 bridgehead atoms. The summed E-state index contributed by atoms with van der Waals surface area (Å²) in [5.41, 5.74) is 6.18. The van der Waals surface area contributed by atoms with E-state index in [1.807, 2.05) is 6.92 Å². The van der Waals surface area contributed by atoms with Crippen LogP contribution in [0.5, 0.6) is 0 Å². The number of unbranched alkanes of at least 4 members (excludes halogenated alkanes) is 1. The molecule has 0 spiro atoms. The first-order chi connectivity index (χ1) is 9.63. The van der Waals surface area contributed by atoms with Crippen LogP contribution in [0.15, 0.2) is 18.2 Å². The monoisotopic (exact) mass is 276 g/mol. The Morgan fingerprint density at radius 2 is 2.15 bits per heavy atom. The quantitative estimate of drug-likeness (QED) is 0.839. The molecule has 0 radical (unpaired) electrons. The predicted octanol–water partition coefficient (Wildman–Crippen LogP) is 2.40. The first kappa shape index (κ1) is 16.2. The van der Waals surface area contributed by atoms with Crippen LogP contribution in [0.3, 0.4) is 0 Å². The molecule has 20 heavy (non-hydrogen) atoms. The molecule has 108 valence electrons. The van der Waals surface area contributed by atoms with E-state index in [4.69, 9.17) is 5.73 Å². The molecule has 0 atom stereocenters. The van der Waals surface area contributed by atoms with E-state index in [-0.39, 0.29) is 12.5 Å². The van der Waals surface area contributed by atoms with Gasteiger partial charge in [-0.3, -0.25) is 4.79 Å². The van der Waals surface area contributed by atoms with Crippen molar-refractivity contribution in [3.05, 3.63) is 35.1 Å². The van der Waals surface area contributed by atoms with Gasteiger partial charge >= 0.3 is 0 Å². The van der Waals surface area contributed by atoms with E-state index in [2.05, 4.69) is 18.8 Å². The first-order valence-electron chi connectivity index (χ1n) is 6.91. The topological polar surface area (TPSA) is 46.3 Å². The summed E-state index contributed by atoms with van der Waals surface area (Å²) in [6, 6.07) is 4.08. The standard InChI is InChI=1S/C16H21FN2O/c1-3-5-11-19(4-2)16(20)15-12-14(17)9-8-13(15)7-6-10-18/h8-9,12H,3-5,10-11,18H2,1-2H3. The summed E-state index contributed by atoms with van der Waals surface area (Å²) in [6.07, 6.45) is 1.94. The van der Waals surface area contributed by atoms with E-state index in [1.54, 1.807) is 4.90 Å². The van der Waals surface area contributed by atoms with E-state index < -0.39 is 5.82 Å². The molecule has 0 aliphatic heterocycles. The van der Waals surface area contributed by atoms with E-state index in [0.29, 0.717) is 24.2 Å². The highest BCUT2D eigenvalue weighted by molar-refractivity contribution is 5.96. The van der Waals surface area contributed by atoms with Gasteiger partial charge in [-0.25, -0.2) is 4.39 Å². The van der Waals surface area contributed by atoms with Crippen LogP contribution in [0.1, 0.15) is 42.6 Å². The average Bonchev–Trinajstić information content (AvgIpc) is 2.46. The molecule has 0 fully saturated rings. The highest BCUT2D eigenvalue weighted by Crippen LogP contribution is 2.14. The van der Waals surface area contributed by atoms with Gasteiger partial charge in [0.05, 0.1) is 12.1 Å². The summed E-state index contributed by atoms with van der Waals surface area (Å²) in [7, 11) is 0. The molecule has 0 unspecified atom stereocenters. The Balaban J connectivity index is 3.08. The van der Waals surface area contributed by atoms with Crippen LogP contribution in [-0.2, 0) is 0 Å². The molecule has 0 aromatic heterocycles. The van der Waals surface area contributed by atoms with Crippen LogP contribution < -0.4 is 5.73 Å². The van der Waals surface area contributed by atoms with Crippen molar-refractivity contribution in [3.8, 4) is 11.8 Å². The Bertz CT molecular complexity index is 517. The maximum atomic E-state index is 13.4. The SMILES string of the molecule is CCCCN(CC)C(=O)c1cc(F)ccc1C#CCN. The second-order valence-corrected chi connectivity index (χ2v) is 4.43. The summed E-state index contributed by atoms with van der Waals surface area (Å²) in [6.45, 7) is 5.46. The molecular formula is C16H21FN2O. The summed E-state index contributed by atoms with van der Waals surface area (Å²) >= 11 is 0. The minimum atomic E-state index is -0.432. The van der Waals surface area contributed by atoms with Crippen molar-refractivity contribution in [1.29, 1.82) is 0 Å². The third kappa shape index (κ3) is 4.36. The fraction of sp³-hybridized carbons (Fsp3) is 0.438. The Kier molecular flexibility index (Phi) is 6.75. The minimum Gasteiger partial charge on any atom is -0.339 e. The maximum absolute atomic E-state index is 13.4. The van der Waals surface area contributed by atoms with Crippen LogP contribution in [0.2, 0.25) is 0 Å². The zero-order valence-corrected chi connectivity index (χ0v) is 12.1. The van der Waals surface area contributed by atoms with E-state index in [9.17, 15) is 9.18 Å². The van der Waals surface area contributed by atoms with Gasteiger partial charge in [0, 0.05) is 18.7 Å². The first-order valence-corrected chi connectivity index (χ1v) is 6.91. The number of hydrogen-bond donors (Lipinski definition) is 1. The molecule has 0 saturated heterocycles. The van der Waals surface area contributed by atoms with E-state index in [0.717, 1.165) is 12.8 Å². The van der Waals surface area contributed by atoms with Crippen molar-refractivity contribution in [2.24, 2.45) is 5.73 Å². The lowest BCUT2D eigenvalue weighted by atomic mass is 10.1. The summed E-state index contributed by atoms with van der Waals surface area (Å²) in [5.74, 6) is 4.92. The average molecular weight is 276 g/mol. The van der Waals surface area contributed by atoms with Gasteiger partial charge in [0.2, 0.25) is 0 Å². The third-order valence-corrected chi connectivity index (χ3v) is 2.99. The molecule has 0 heterocycles. The second kappa shape index (κ2) is 8.34. The molecule has 3 nitrogen and oxygen atoms in total. The third-order valence-electron chi connectivity index (χ3n) is 2.99. The fourth-order valence-electron chi connectivity index (χ4n) is 1.87. The highest BCUT2D eigenvalue weighted by Gasteiger charge is 2.17. The number of hydrogen-bond acceptors (Lipinski definition) is 2. The van der Waals surface area contributed by atoms with Gasteiger partial charge < -0.3 is 10.6 Å². The van der Waals surface area contributed by atoms with Crippen molar-refractivity contribution >= 4 is 5.91 Å². The fourth-order valence-corrected chi connectivity index (χ4v) is 1.87. The zero-order chi connectivity index (χ0) is 15.0. The van der Waals surface area contributed by atoms with Crippen LogP contribution in [0, 0.1) is 17.7 Å². The van der Waals surface area contributed by atoms with Gasteiger partial charge in [-0.1, -0.05) is 25.2 Å². The number of nitrogens with zero attached hydrogens (tertiary/aromatic N) is 1. The van der Waals surface area contributed by atoms with Crippen LogP contribution in [-0.4, -0.2) is 30.4 Å². The smallest absolute Gasteiger partial charge is 0.255 e. The minimum absolute atomic E-state index is 0.179. The largest absolute Gasteiger partial charge is 0.339 e. The molecule has 1 amide bonds. The molecule has 4 heteroatoms. The Morgan fingerprint density at radius 3 is 2.75 bits per heavy atom. The van der Waals surface area contributed by atoms with Crippen molar-refractivity contribution in [2.45, 2.75) is 26.7 Å². The van der Waals surface area contributed by atoms with Gasteiger partial charge in [-0.05, 0) is 31.5 Å². The number of benzene rings is 1. The number of carbonyl (C=O) groups excluding carboxylic acids is 1. The number of amides is 1. The van der Waals surface area contributed by atoms with Crippen LogP contribution in [0.25, 0.3) is 0 Å². The second-order valence-electron chi connectivity index (χ2n) is 4.43. The molecule has 1 aromatic carbocycles. The molecule has 2 N–H and O–H groups in total. The molecule has 0 aliphatic rings. The molecule has 1 rings (SSSR count). The van der Waals surface area contributed by atoms with Crippen molar-refractivity contribution in [1.82, 2.24) is 4.90 Å². The van der Waals surface area contributed by atoms with Gasteiger partial charge in [0.1, 0.15) is 5.82 Å². The molecule has 0 aliphatic carbocycles. The molecule has 0 saturated carbocycles. The lowest BCUT2D eigenvalue weighted by Crippen LogP contribution is -2.32. The Morgan fingerprint density at radius 1 is 1.40 bits per heavy atom. The van der Waals surface area contributed by atoms with Crippen molar-refractivity contribution < 1.29 is 9.18 Å². The summed E-state index contributed by atoms with van der Waals surface area (Å²) in [5, 5.41) is 0. The van der Waals surface area contributed by atoms with Crippen LogP contribution >= 0.6 is 0 Å². The maximum Gasteiger partial charge on any atom is 0.255 e. The predicted molar refractivity (Wildman–Crippen MR) is 78.8 cm³/mol. The lowest BCUT2D eigenvalue weighted by Gasteiger charge is -2.21. The highest BCUT2D eigenvalue weighted by atomic mass is 19.1. The number of nitrogens with two attached hydrogens (primary N) is 1. The number of rotatable bonds is 5. The van der Waals surface area contributed by atoms with E-state index in [1.165, 1.54) is 18.2 Å². The lowest BCUT2D eigenvalue weighted by molar-refractivity contribution is 0.0761. The Labute approximate surface area is 120 Å². The van der Waals surface area contributed by atoms with Crippen LogP contribution in [0.4, 0.5) is 4.39 Å². The van der Waals surface area contributed by atoms with Gasteiger partial charge in [-0.2, -0.15) is 0 Å². The normalized spacial score (nSPS) is 9.80. The zero-order valence-electron chi connectivity index (χ0n) is 12.1.